The molecule has 0 aliphatic heterocycles. The second kappa shape index (κ2) is 4.49. The van der Waals surface area contributed by atoms with E-state index in [1.165, 1.54) is 12.5 Å². The molecule has 5 nitrogen and oxygen atoms in total. The van der Waals surface area contributed by atoms with Crippen LogP contribution in [0.15, 0.2) is 49.3 Å². The van der Waals surface area contributed by atoms with Crippen LogP contribution >= 0.6 is 0 Å². The molecule has 0 spiro atoms. The average Bonchev–Trinajstić information content (AvgIpc) is 2.89. The molecule has 2 N–H and O–H groups in total. The normalized spacial score (nSPS) is 10.6. The van der Waals surface area contributed by atoms with Gasteiger partial charge in [-0.1, -0.05) is 0 Å². The largest absolute Gasteiger partial charge is 0.383 e. The molecule has 0 atom stereocenters. The number of halogens is 1. The highest BCUT2D eigenvalue weighted by molar-refractivity contribution is 5.71. The van der Waals surface area contributed by atoms with Crippen molar-refractivity contribution in [3.8, 4) is 16.9 Å². The van der Waals surface area contributed by atoms with Gasteiger partial charge < -0.3 is 5.73 Å². The van der Waals surface area contributed by atoms with Crippen molar-refractivity contribution in [3.05, 3.63) is 55.1 Å². The number of imidazole rings is 1. The molecule has 6 heteroatoms. The summed E-state index contributed by atoms with van der Waals surface area (Å²) in [6.07, 6.45) is 7.43. The van der Waals surface area contributed by atoms with Crippen LogP contribution in [0.25, 0.3) is 16.9 Å². The van der Waals surface area contributed by atoms with E-state index < -0.39 is 5.82 Å². The Balaban J connectivity index is 2.20. The number of nitrogens with two attached hydrogens (primary N) is 1. The van der Waals surface area contributed by atoms with Crippen LogP contribution < -0.4 is 5.73 Å². The van der Waals surface area contributed by atoms with E-state index in [2.05, 4.69) is 15.0 Å². The monoisotopic (exact) mass is 255 g/mol. The van der Waals surface area contributed by atoms with E-state index in [-0.39, 0.29) is 0 Å². The number of aromatic nitrogens is 4. The summed E-state index contributed by atoms with van der Waals surface area (Å²) < 4.78 is 15.4. The van der Waals surface area contributed by atoms with Gasteiger partial charge in [0.25, 0.3) is 0 Å². The first-order valence-corrected chi connectivity index (χ1v) is 5.60. The fourth-order valence-corrected chi connectivity index (χ4v) is 1.88. The maximum atomic E-state index is 13.8. The van der Waals surface area contributed by atoms with E-state index in [0.717, 1.165) is 6.20 Å². The molecule has 3 aromatic heterocycles. The first-order valence-electron chi connectivity index (χ1n) is 5.60. The van der Waals surface area contributed by atoms with Gasteiger partial charge in [0.05, 0.1) is 30.1 Å². The van der Waals surface area contributed by atoms with Gasteiger partial charge in [-0.2, -0.15) is 0 Å². The minimum absolute atomic E-state index is 0.366. The first kappa shape index (κ1) is 11.3. The number of nitrogen functional groups attached to an aromatic ring is 1. The fourth-order valence-electron chi connectivity index (χ4n) is 1.88. The number of nitrogens with zero attached hydrogens (tertiary/aromatic N) is 4. The highest BCUT2D eigenvalue weighted by Gasteiger charge is 2.12. The molecule has 0 saturated heterocycles. The summed E-state index contributed by atoms with van der Waals surface area (Å²) >= 11 is 0. The lowest BCUT2D eigenvalue weighted by Gasteiger charge is -2.09. The van der Waals surface area contributed by atoms with Gasteiger partial charge in [-0.25, -0.2) is 14.4 Å². The molecular weight excluding hydrogens is 245 g/mol. The zero-order valence-corrected chi connectivity index (χ0v) is 9.86. The molecule has 19 heavy (non-hydrogen) atoms. The summed E-state index contributed by atoms with van der Waals surface area (Å²) in [7, 11) is 0. The summed E-state index contributed by atoms with van der Waals surface area (Å²) in [6.45, 7) is 0. The zero-order chi connectivity index (χ0) is 13.2. The number of pyridine rings is 2. The highest BCUT2D eigenvalue weighted by Crippen LogP contribution is 2.26. The standard InChI is InChI=1S/C13H10FN5/c14-10-6-16-5-3-11(10)19-8-17-7-12(19)9-2-1-4-18-13(9)15/h1-8H,(H2,15,18). The van der Waals surface area contributed by atoms with E-state index in [4.69, 9.17) is 5.73 Å². The van der Waals surface area contributed by atoms with Gasteiger partial charge in [-0.15, -0.1) is 0 Å². The third-order valence-electron chi connectivity index (χ3n) is 2.76. The van der Waals surface area contributed by atoms with Crippen LogP contribution in [0.2, 0.25) is 0 Å². The number of rotatable bonds is 2. The minimum atomic E-state index is -0.427. The van der Waals surface area contributed by atoms with Gasteiger partial charge in [0.1, 0.15) is 5.82 Å². The summed E-state index contributed by atoms with van der Waals surface area (Å²) in [5, 5.41) is 0. The van der Waals surface area contributed by atoms with Gasteiger partial charge in [0.15, 0.2) is 5.82 Å². The Hall–Kier alpha value is -2.76. The van der Waals surface area contributed by atoms with Crippen LogP contribution in [0.4, 0.5) is 10.2 Å². The van der Waals surface area contributed by atoms with E-state index in [1.807, 2.05) is 6.07 Å². The summed E-state index contributed by atoms with van der Waals surface area (Å²) in [6, 6.07) is 5.16. The number of hydrogen-bond donors (Lipinski definition) is 1. The maximum Gasteiger partial charge on any atom is 0.165 e. The Morgan fingerprint density at radius 1 is 1.11 bits per heavy atom. The number of anilines is 1. The minimum Gasteiger partial charge on any atom is -0.383 e. The zero-order valence-electron chi connectivity index (χ0n) is 9.86. The first-order chi connectivity index (χ1) is 9.27. The molecule has 0 radical (unpaired) electrons. The van der Waals surface area contributed by atoms with Gasteiger partial charge in [-0.05, 0) is 18.2 Å². The van der Waals surface area contributed by atoms with Crippen LogP contribution in [0.1, 0.15) is 0 Å². The van der Waals surface area contributed by atoms with Crippen molar-refractivity contribution < 1.29 is 4.39 Å². The Morgan fingerprint density at radius 2 is 2.00 bits per heavy atom. The topological polar surface area (TPSA) is 69.6 Å². The van der Waals surface area contributed by atoms with Crippen molar-refractivity contribution in [2.45, 2.75) is 0 Å². The molecule has 3 heterocycles. The van der Waals surface area contributed by atoms with Crippen LogP contribution in [0, 0.1) is 5.82 Å². The third-order valence-corrected chi connectivity index (χ3v) is 2.76. The van der Waals surface area contributed by atoms with Crippen molar-refractivity contribution >= 4 is 5.82 Å². The summed E-state index contributed by atoms with van der Waals surface area (Å²) in [5.41, 5.74) is 7.59. The van der Waals surface area contributed by atoms with Crippen molar-refractivity contribution in [2.24, 2.45) is 0 Å². The van der Waals surface area contributed by atoms with Gasteiger partial charge in [0, 0.05) is 18.0 Å². The predicted octanol–water partition coefficient (Wildman–Crippen LogP) is 2.05. The molecule has 3 rings (SSSR count). The molecule has 94 valence electrons. The lowest BCUT2D eigenvalue weighted by molar-refractivity contribution is 0.612. The van der Waals surface area contributed by atoms with Crippen LogP contribution in [0.5, 0.6) is 0 Å². The molecule has 0 aliphatic carbocycles. The predicted molar refractivity (Wildman–Crippen MR) is 69.0 cm³/mol. The average molecular weight is 255 g/mol. The van der Waals surface area contributed by atoms with Crippen molar-refractivity contribution in [1.82, 2.24) is 19.5 Å². The third kappa shape index (κ3) is 1.93. The molecule has 0 aliphatic rings. The second-order valence-electron chi connectivity index (χ2n) is 3.91. The van der Waals surface area contributed by atoms with Gasteiger partial charge >= 0.3 is 0 Å². The Kier molecular flexibility index (Phi) is 2.68. The molecule has 0 saturated carbocycles. The van der Waals surface area contributed by atoms with E-state index in [1.54, 1.807) is 29.1 Å². The molecule has 0 amide bonds. The molecule has 3 aromatic rings. The smallest absolute Gasteiger partial charge is 0.165 e. The Labute approximate surface area is 108 Å². The van der Waals surface area contributed by atoms with Crippen molar-refractivity contribution in [2.75, 3.05) is 5.73 Å². The number of hydrogen-bond acceptors (Lipinski definition) is 4. The molecule has 0 bridgehead atoms. The molecule has 0 unspecified atom stereocenters. The summed E-state index contributed by atoms with van der Waals surface area (Å²) in [5.74, 6) is -0.0528. The fraction of sp³-hybridized carbons (Fsp3) is 0. The second-order valence-corrected chi connectivity index (χ2v) is 3.91. The quantitative estimate of drug-likeness (QED) is 0.760. The van der Waals surface area contributed by atoms with Gasteiger partial charge in [0.2, 0.25) is 0 Å². The maximum absolute atomic E-state index is 13.8. The van der Waals surface area contributed by atoms with E-state index in [9.17, 15) is 4.39 Å². The highest BCUT2D eigenvalue weighted by atomic mass is 19.1. The van der Waals surface area contributed by atoms with E-state index >= 15 is 0 Å². The lowest BCUT2D eigenvalue weighted by atomic mass is 10.2. The van der Waals surface area contributed by atoms with Crippen LogP contribution in [-0.2, 0) is 0 Å². The van der Waals surface area contributed by atoms with E-state index in [0.29, 0.717) is 22.8 Å². The van der Waals surface area contributed by atoms with Crippen molar-refractivity contribution in [1.29, 1.82) is 0 Å². The van der Waals surface area contributed by atoms with Crippen molar-refractivity contribution in [3.63, 3.8) is 0 Å². The van der Waals surface area contributed by atoms with Crippen LogP contribution in [0.3, 0.4) is 0 Å². The molecular formula is C13H10FN5. The Bertz CT molecular complexity index is 662. The lowest BCUT2D eigenvalue weighted by Crippen LogP contribution is -2.01. The SMILES string of the molecule is Nc1ncccc1-c1cncn1-c1ccncc1F. The molecule has 0 fully saturated rings. The van der Waals surface area contributed by atoms with Gasteiger partial charge in [-0.3, -0.25) is 9.55 Å². The molecule has 0 aromatic carbocycles. The van der Waals surface area contributed by atoms with Crippen LogP contribution in [-0.4, -0.2) is 19.5 Å². The Morgan fingerprint density at radius 3 is 2.79 bits per heavy atom. The summed E-state index contributed by atoms with van der Waals surface area (Å²) in [4.78, 5) is 11.8.